The van der Waals surface area contributed by atoms with Crippen molar-refractivity contribution in [3.05, 3.63) is 35.8 Å². The second kappa shape index (κ2) is 5.30. The minimum atomic E-state index is 0.388. The van der Waals surface area contributed by atoms with Crippen LogP contribution in [0.2, 0.25) is 0 Å². The van der Waals surface area contributed by atoms with Gasteiger partial charge in [0.25, 0.3) is 0 Å². The minimum Gasteiger partial charge on any atom is -0.360 e. The van der Waals surface area contributed by atoms with Crippen molar-refractivity contribution in [1.82, 2.24) is 29.7 Å². The highest BCUT2D eigenvalue weighted by atomic mass is 32.1. The molecule has 138 valence electrons. The Bertz CT molecular complexity index is 1150. The summed E-state index contributed by atoms with van der Waals surface area (Å²) in [5, 5.41) is 14.5. The number of nitrogens with zero attached hydrogens (tertiary/aromatic N) is 6. The summed E-state index contributed by atoms with van der Waals surface area (Å²) in [6, 6.07) is 4.27. The first-order chi connectivity index (χ1) is 13.1. The summed E-state index contributed by atoms with van der Waals surface area (Å²) in [5.41, 5.74) is 4.40. The molecule has 0 atom stereocenters. The van der Waals surface area contributed by atoms with E-state index in [1.54, 1.807) is 0 Å². The van der Waals surface area contributed by atoms with Crippen molar-refractivity contribution in [2.24, 2.45) is 0 Å². The number of piperazine rings is 1. The molecule has 1 aliphatic carbocycles. The fourth-order valence-corrected chi connectivity index (χ4v) is 5.09. The summed E-state index contributed by atoms with van der Waals surface area (Å²) in [5.74, 6) is 0.821. The first-order valence-electron chi connectivity index (χ1n) is 9.42. The van der Waals surface area contributed by atoms with Crippen LogP contribution in [0.1, 0.15) is 24.1 Å². The van der Waals surface area contributed by atoms with Crippen LogP contribution in [-0.2, 0) is 0 Å². The third-order valence-corrected chi connectivity index (χ3v) is 6.79. The van der Waals surface area contributed by atoms with Crippen LogP contribution >= 0.6 is 11.3 Å². The molecule has 0 unspecified atom stereocenters. The molecule has 0 amide bonds. The van der Waals surface area contributed by atoms with Crippen LogP contribution in [-0.4, -0.2) is 49.6 Å². The number of hydrogen-bond donors (Lipinski definition) is 1. The smallest absolute Gasteiger partial charge is 0.174 e. The zero-order valence-electron chi connectivity index (χ0n) is 15.4. The van der Waals surface area contributed by atoms with Gasteiger partial charge in [0.2, 0.25) is 0 Å². The lowest BCUT2D eigenvalue weighted by Crippen LogP contribution is -2.52. The first kappa shape index (κ1) is 15.6. The van der Waals surface area contributed by atoms with Crippen molar-refractivity contribution in [1.29, 1.82) is 0 Å². The highest BCUT2D eigenvalue weighted by Gasteiger charge is 2.45. The predicted octanol–water partition coefficient (Wildman–Crippen LogP) is 2.69. The van der Waals surface area contributed by atoms with Crippen LogP contribution in [0.3, 0.4) is 0 Å². The van der Waals surface area contributed by atoms with E-state index in [0.717, 1.165) is 47.9 Å². The SMILES string of the molecule is Cc1cn2nc(-n3cc4sc(N5CCNC6(CC6)C5)cc4n3)cc(C)c2n1. The molecule has 2 fully saturated rings. The normalized spacial score (nSPS) is 18.8. The highest BCUT2D eigenvalue weighted by molar-refractivity contribution is 7.22. The zero-order valence-corrected chi connectivity index (χ0v) is 16.3. The summed E-state index contributed by atoms with van der Waals surface area (Å²) < 4.78 is 4.93. The highest BCUT2D eigenvalue weighted by Crippen LogP contribution is 2.41. The molecule has 8 heteroatoms. The molecule has 0 aromatic carbocycles. The van der Waals surface area contributed by atoms with Gasteiger partial charge >= 0.3 is 0 Å². The van der Waals surface area contributed by atoms with Crippen molar-refractivity contribution in [3.63, 3.8) is 0 Å². The molecule has 0 radical (unpaired) electrons. The van der Waals surface area contributed by atoms with E-state index in [4.69, 9.17) is 5.10 Å². The predicted molar refractivity (Wildman–Crippen MR) is 107 cm³/mol. The summed E-state index contributed by atoms with van der Waals surface area (Å²) in [6.45, 7) is 7.31. The van der Waals surface area contributed by atoms with Gasteiger partial charge in [-0.25, -0.2) is 14.2 Å². The molecule has 5 heterocycles. The number of anilines is 1. The summed E-state index contributed by atoms with van der Waals surface area (Å²) >= 11 is 1.83. The molecule has 4 aromatic rings. The number of nitrogens with one attached hydrogen (secondary N) is 1. The maximum absolute atomic E-state index is 4.79. The second-order valence-corrected chi connectivity index (χ2v) is 8.93. The van der Waals surface area contributed by atoms with Crippen LogP contribution in [0.25, 0.3) is 21.7 Å². The van der Waals surface area contributed by atoms with Crippen molar-refractivity contribution < 1.29 is 0 Å². The molecule has 1 saturated carbocycles. The quantitative estimate of drug-likeness (QED) is 0.580. The minimum absolute atomic E-state index is 0.388. The van der Waals surface area contributed by atoms with E-state index in [2.05, 4.69) is 39.5 Å². The molecule has 1 saturated heterocycles. The van der Waals surface area contributed by atoms with E-state index in [0.29, 0.717) is 5.54 Å². The lowest BCUT2D eigenvalue weighted by atomic mass is 10.2. The molecule has 1 N–H and O–H groups in total. The van der Waals surface area contributed by atoms with Crippen LogP contribution < -0.4 is 10.2 Å². The molecule has 1 aliphatic heterocycles. The van der Waals surface area contributed by atoms with Gasteiger partial charge in [0.15, 0.2) is 11.5 Å². The van der Waals surface area contributed by atoms with Gasteiger partial charge < -0.3 is 10.2 Å². The van der Waals surface area contributed by atoms with Crippen molar-refractivity contribution in [2.45, 2.75) is 32.2 Å². The summed E-state index contributed by atoms with van der Waals surface area (Å²) in [4.78, 5) is 7.04. The van der Waals surface area contributed by atoms with Gasteiger partial charge in [0.05, 0.1) is 27.8 Å². The average molecular weight is 379 g/mol. The number of fused-ring (bicyclic) bond motifs is 2. The van der Waals surface area contributed by atoms with E-state index in [1.165, 1.54) is 22.5 Å². The molecular formula is C19H21N7S. The third kappa shape index (κ3) is 2.47. The summed E-state index contributed by atoms with van der Waals surface area (Å²) in [7, 11) is 0. The van der Waals surface area contributed by atoms with E-state index >= 15 is 0 Å². The Morgan fingerprint density at radius 2 is 2.04 bits per heavy atom. The van der Waals surface area contributed by atoms with Gasteiger partial charge in [0, 0.05) is 31.2 Å². The lowest BCUT2D eigenvalue weighted by molar-refractivity contribution is 0.444. The maximum atomic E-state index is 4.79. The molecule has 4 aromatic heterocycles. The van der Waals surface area contributed by atoms with Gasteiger partial charge in [-0.1, -0.05) is 0 Å². The molecule has 27 heavy (non-hydrogen) atoms. The number of aryl methyl sites for hydroxylation is 2. The fourth-order valence-electron chi connectivity index (χ4n) is 4.05. The Balaban J connectivity index is 1.36. The van der Waals surface area contributed by atoms with Gasteiger partial charge in [-0.2, -0.15) is 5.10 Å². The molecule has 7 nitrogen and oxygen atoms in total. The zero-order chi connectivity index (χ0) is 18.2. The van der Waals surface area contributed by atoms with E-state index < -0.39 is 0 Å². The Hall–Kier alpha value is -2.45. The Kier molecular flexibility index (Phi) is 3.06. The molecule has 2 aliphatic rings. The van der Waals surface area contributed by atoms with E-state index in [-0.39, 0.29) is 0 Å². The van der Waals surface area contributed by atoms with Gasteiger partial charge in [0.1, 0.15) is 5.52 Å². The van der Waals surface area contributed by atoms with Gasteiger partial charge in [-0.3, -0.25) is 0 Å². The fraction of sp³-hybridized carbons (Fsp3) is 0.421. The molecule has 0 bridgehead atoms. The van der Waals surface area contributed by atoms with E-state index in [9.17, 15) is 0 Å². The largest absolute Gasteiger partial charge is 0.360 e. The topological polar surface area (TPSA) is 63.3 Å². The van der Waals surface area contributed by atoms with Gasteiger partial charge in [-0.05, 0) is 38.3 Å². The second-order valence-electron chi connectivity index (χ2n) is 7.87. The first-order valence-corrected chi connectivity index (χ1v) is 10.2. The molecule has 1 spiro atoms. The Labute approximate surface area is 160 Å². The molecular weight excluding hydrogens is 358 g/mol. The number of imidazole rings is 1. The van der Waals surface area contributed by atoms with Crippen molar-refractivity contribution in [2.75, 3.05) is 24.5 Å². The van der Waals surface area contributed by atoms with Crippen molar-refractivity contribution >= 4 is 32.2 Å². The van der Waals surface area contributed by atoms with Gasteiger partial charge in [-0.15, -0.1) is 16.4 Å². The number of hydrogen-bond acceptors (Lipinski definition) is 6. The Morgan fingerprint density at radius 3 is 2.85 bits per heavy atom. The van der Waals surface area contributed by atoms with Crippen LogP contribution in [0.15, 0.2) is 24.5 Å². The number of rotatable bonds is 2. The average Bonchev–Trinajstić information content (AvgIpc) is 2.99. The number of thiophene rings is 1. The Morgan fingerprint density at radius 1 is 1.15 bits per heavy atom. The van der Waals surface area contributed by atoms with Crippen LogP contribution in [0, 0.1) is 13.8 Å². The number of aromatic nitrogens is 5. The monoisotopic (exact) mass is 379 g/mol. The lowest BCUT2D eigenvalue weighted by Gasteiger charge is -2.34. The van der Waals surface area contributed by atoms with Crippen molar-refractivity contribution in [3.8, 4) is 5.82 Å². The summed E-state index contributed by atoms with van der Waals surface area (Å²) in [6.07, 6.45) is 6.66. The van der Waals surface area contributed by atoms with Crippen LogP contribution in [0.4, 0.5) is 5.00 Å². The standard InChI is InChI=1S/C19H21N7S/c1-12-7-16(23-26-9-13(2)21-18(12)26)25-10-15-14(22-25)8-17(27-15)24-6-5-20-19(11-24)3-4-19/h7-10,20H,3-6,11H2,1-2H3. The molecule has 6 rings (SSSR count). The maximum Gasteiger partial charge on any atom is 0.174 e. The van der Waals surface area contributed by atoms with E-state index in [1.807, 2.05) is 39.7 Å². The third-order valence-electron chi connectivity index (χ3n) is 5.67. The van der Waals surface area contributed by atoms with Crippen LogP contribution in [0.5, 0.6) is 0 Å².